The number of carbonyl (C=O) groups is 1. The number of likely N-dealkylation sites (tertiary alicyclic amines) is 1. The number of hydrogen-bond donors (Lipinski definition) is 1. The molecule has 1 heterocycles. The van der Waals surface area contributed by atoms with Crippen molar-refractivity contribution in [2.24, 2.45) is 11.0 Å². The number of ether oxygens (including phenoxy) is 1. The second kappa shape index (κ2) is 5.25. The molecule has 1 aliphatic rings. The van der Waals surface area contributed by atoms with Crippen LogP contribution in [-0.2, 0) is 4.74 Å². The molecular weight excluding hydrogens is 224 g/mol. The molecule has 1 rings (SSSR count). The molecule has 0 aromatic rings. The van der Waals surface area contributed by atoms with E-state index < -0.39 is 11.6 Å². The van der Waals surface area contributed by atoms with E-state index in [1.807, 2.05) is 0 Å². The fraction of sp³-hybridized carbons (Fsp3) is 0.900. The lowest BCUT2D eigenvalue weighted by Crippen LogP contribution is -2.55. The minimum absolute atomic E-state index is 0.0171. The van der Waals surface area contributed by atoms with E-state index in [4.69, 9.17) is 15.4 Å². The van der Waals surface area contributed by atoms with Gasteiger partial charge >= 0.3 is 6.09 Å². The summed E-state index contributed by atoms with van der Waals surface area (Å²) in [6.07, 6.45) is -0.369. The molecule has 0 aromatic heterocycles. The van der Waals surface area contributed by atoms with Crippen LogP contribution >= 0.6 is 0 Å². The van der Waals surface area contributed by atoms with Gasteiger partial charge in [-0.25, -0.2) is 4.79 Å². The van der Waals surface area contributed by atoms with Crippen LogP contribution in [0.15, 0.2) is 5.11 Å². The van der Waals surface area contributed by atoms with Gasteiger partial charge in [0, 0.05) is 23.9 Å². The maximum absolute atomic E-state index is 11.6. The Morgan fingerprint density at radius 2 is 2.24 bits per heavy atom. The van der Waals surface area contributed by atoms with Gasteiger partial charge in [-0.1, -0.05) is 5.11 Å². The second-order valence-corrected chi connectivity index (χ2v) is 5.10. The van der Waals surface area contributed by atoms with Crippen molar-refractivity contribution < 1.29 is 14.6 Å². The van der Waals surface area contributed by atoms with Gasteiger partial charge in [-0.15, -0.1) is 0 Å². The first kappa shape index (κ1) is 13.6. The molecule has 1 unspecified atom stereocenters. The first-order chi connectivity index (χ1) is 7.87. The molecule has 0 spiro atoms. The highest BCUT2D eigenvalue weighted by Crippen LogP contribution is 2.23. The van der Waals surface area contributed by atoms with Gasteiger partial charge in [-0.2, -0.15) is 0 Å². The van der Waals surface area contributed by atoms with Crippen LogP contribution in [0.4, 0.5) is 4.79 Å². The Balaban J connectivity index is 2.41. The van der Waals surface area contributed by atoms with Crippen molar-refractivity contribution in [3.05, 3.63) is 10.4 Å². The maximum Gasteiger partial charge on any atom is 0.410 e. The molecule has 0 aliphatic carbocycles. The van der Waals surface area contributed by atoms with Crippen LogP contribution in [0.1, 0.15) is 20.8 Å². The number of azide groups is 1. The van der Waals surface area contributed by atoms with E-state index in [1.165, 1.54) is 4.90 Å². The molecule has 7 nitrogen and oxygen atoms in total. The summed E-state index contributed by atoms with van der Waals surface area (Å²) in [7, 11) is 0. The summed E-state index contributed by atoms with van der Waals surface area (Å²) in [4.78, 5) is 15.8. The molecule has 0 bridgehead atoms. The zero-order valence-electron chi connectivity index (χ0n) is 10.3. The number of carbonyl (C=O) groups excluding carboxylic acids is 1. The Labute approximate surface area is 100.0 Å². The van der Waals surface area contributed by atoms with E-state index in [-0.39, 0.29) is 18.6 Å². The van der Waals surface area contributed by atoms with Crippen molar-refractivity contribution in [1.29, 1.82) is 0 Å². The Morgan fingerprint density at radius 3 is 2.65 bits per heavy atom. The van der Waals surface area contributed by atoms with Crippen molar-refractivity contribution in [3.63, 3.8) is 0 Å². The molecule has 17 heavy (non-hydrogen) atoms. The third-order valence-electron chi connectivity index (χ3n) is 2.49. The van der Waals surface area contributed by atoms with Gasteiger partial charge in [0.15, 0.2) is 0 Å². The molecule has 0 saturated carbocycles. The predicted octanol–water partition coefficient (Wildman–Crippen LogP) is 1.52. The van der Waals surface area contributed by atoms with Crippen molar-refractivity contribution in [2.45, 2.75) is 32.4 Å². The van der Waals surface area contributed by atoms with Crippen molar-refractivity contribution in [3.8, 4) is 0 Å². The Hall–Kier alpha value is -1.46. The number of nitrogens with zero attached hydrogens (tertiary/aromatic N) is 4. The molecule has 1 aliphatic heterocycles. The monoisotopic (exact) mass is 242 g/mol. The van der Waals surface area contributed by atoms with Crippen molar-refractivity contribution >= 4 is 6.09 Å². The lowest BCUT2D eigenvalue weighted by molar-refractivity contribution is -0.00776. The molecule has 1 N–H and O–H groups in total. The largest absolute Gasteiger partial charge is 0.444 e. The summed E-state index contributed by atoms with van der Waals surface area (Å²) in [5.74, 6) is 0.0171. The summed E-state index contributed by atoms with van der Waals surface area (Å²) in [5.41, 5.74) is 7.80. The predicted molar refractivity (Wildman–Crippen MR) is 61.3 cm³/mol. The van der Waals surface area contributed by atoms with Crippen molar-refractivity contribution in [1.82, 2.24) is 4.90 Å². The van der Waals surface area contributed by atoms with Gasteiger partial charge in [0.1, 0.15) is 5.60 Å². The molecule has 7 heteroatoms. The second-order valence-electron chi connectivity index (χ2n) is 5.10. The van der Waals surface area contributed by atoms with Crippen LogP contribution < -0.4 is 0 Å². The highest BCUT2D eigenvalue weighted by Gasteiger charge is 2.37. The van der Waals surface area contributed by atoms with Crippen LogP contribution in [-0.4, -0.2) is 47.4 Å². The highest BCUT2D eigenvalue weighted by molar-refractivity contribution is 5.69. The normalized spacial score (nSPS) is 18.0. The van der Waals surface area contributed by atoms with Gasteiger partial charge in [0.05, 0.1) is 12.6 Å². The lowest BCUT2D eigenvalue weighted by atomic mass is 9.93. The zero-order chi connectivity index (χ0) is 13.1. The summed E-state index contributed by atoms with van der Waals surface area (Å²) < 4.78 is 5.18. The lowest BCUT2D eigenvalue weighted by Gasteiger charge is -2.41. The van der Waals surface area contributed by atoms with E-state index in [0.717, 1.165) is 0 Å². The first-order valence-corrected chi connectivity index (χ1v) is 5.50. The third-order valence-corrected chi connectivity index (χ3v) is 2.49. The van der Waals surface area contributed by atoms with Gasteiger partial charge < -0.3 is 14.7 Å². The van der Waals surface area contributed by atoms with E-state index in [1.54, 1.807) is 20.8 Å². The molecule has 1 fully saturated rings. The van der Waals surface area contributed by atoms with E-state index >= 15 is 0 Å². The fourth-order valence-corrected chi connectivity index (χ4v) is 1.58. The average Bonchev–Trinajstić information content (AvgIpc) is 2.11. The molecule has 96 valence electrons. The van der Waals surface area contributed by atoms with E-state index in [2.05, 4.69) is 10.0 Å². The number of rotatable bonds is 3. The fourth-order valence-electron chi connectivity index (χ4n) is 1.58. The minimum atomic E-state index is -0.511. The number of hydrogen-bond acceptors (Lipinski definition) is 4. The van der Waals surface area contributed by atoms with Crippen LogP contribution in [0.25, 0.3) is 10.4 Å². The quantitative estimate of drug-likeness (QED) is 0.461. The van der Waals surface area contributed by atoms with Gasteiger partial charge in [-0.05, 0) is 26.3 Å². The number of aliphatic hydroxyl groups excluding tert-OH is 1. The van der Waals surface area contributed by atoms with Crippen LogP contribution in [0, 0.1) is 5.92 Å². The van der Waals surface area contributed by atoms with E-state index in [9.17, 15) is 4.79 Å². The maximum atomic E-state index is 11.6. The Morgan fingerprint density at radius 1 is 1.65 bits per heavy atom. The minimum Gasteiger partial charge on any atom is -0.444 e. The molecule has 0 aromatic carbocycles. The van der Waals surface area contributed by atoms with Crippen LogP contribution in [0.3, 0.4) is 0 Å². The number of aliphatic hydroxyl groups is 1. The molecular formula is C10H18N4O3. The Kier molecular flexibility index (Phi) is 4.20. The summed E-state index contributed by atoms with van der Waals surface area (Å²) >= 11 is 0. The van der Waals surface area contributed by atoms with Crippen molar-refractivity contribution in [2.75, 3.05) is 19.7 Å². The zero-order valence-corrected chi connectivity index (χ0v) is 10.3. The average molecular weight is 242 g/mol. The standard InChI is InChI=1S/C10H18N4O3/c1-10(2,3)17-9(16)14-4-7(5-14)8(6-15)12-13-11/h7-8,15H,4-6H2,1-3H3. The Bertz CT molecular complexity index is 327. The van der Waals surface area contributed by atoms with E-state index in [0.29, 0.717) is 13.1 Å². The summed E-state index contributed by atoms with van der Waals surface area (Å²) in [6.45, 7) is 6.13. The molecule has 0 radical (unpaired) electrons. The molecule has 1 amide bonds. The summed E-state index contributed by atoms with van der Waals surface area (Å²) in [5, 5.41) is 12.5. The smallest absolute Gasteiger partial charge is 0.410 e. The van der Waals surface area contributed by atoms with Crippen LogP contribution in [0.2, 0.25) is 0 Å². The molecule has 1 saturated heterocycles. The van der Waals surface area contributed by atoms with Gasteiger partial charge in [0.2, 0.25) is 0 Å². The van der Waals surface area contributed by atoms with Gasteiger partial charge in [0.25, 0.3) is 0 Å². The summed E-state index contributed by atoms with van der Waals surface area (Å²) in [6, 6.07) is -0.460. The third kappa shape index (κ3) is 3.80. The topological polar surface area (TPSA) is 98.5 Å². The highest BCUT2D eigenvalue weighted by atomic mass is 16.6. The van der Waals surface area contributed by atoms with Gasteiger partial charge in [-0.3, -0.25) is 0 Å². The number of amides is 1. The SMILES string of the molecule is CC(C)(C)OC(=O)N1CC(C(CO)N=[N+]=[N-])C1. The first-order valence-electron chi connectivity index (χ1n) is 5.50. The molecule has 1 atom stereocenters. The van der Waals surface area contributed by atoms with Crippen LogP contribution in [0.5, 0.6) is 0 Å².